The Morgan fingerprint density at radius 1 is 1.30 bits per heavy atom. The molecule has 5 atom stereocenters. The van der Waals surface area contributed by atoms with Gasteiger partial charge in [-0.25, -0.2) is 0 Å². The number of methoxy groups -OCH3 is 1. The molecule has 0 aliphatic carbocycles. The van der Waals surface area contributed by atoms with Crippen molar-refractivity contribution >= 4 is 17.7 Å². The van der Waals surface area contributed by atoms with Gasteiger partial charge in [-0.3, -0.25) is 4.79 Å². The highest BCUT2D eigenvalue weighted by Gasteiger charge is 2.44. The molecule has 0 aromatic heterocycles. The van der Waals surface area contributed by atoms with E-state index >= 15 is 0 Å². The van der Waals surface area contributed by atoms with Crippen LogP contribution in [0.3, 0.4) is 0 Å². The fourth-order valence-electron chi connectivity index (χ4n) is 2.39. The standard InChI is InChI=1S/C12H21NO6S/c1-18-12-11(17)10(16)9(15)7(19-12)6-13-3-5-20-4-2-8(13)14/h7,9-12,15-17H,2-6H2,1H3/t7-,9-,10+,11+,12+/m1/s1. The second-order valence-corrected chi connectivity index (χ2v) is 6.18. The van der Waals surface area contributed by atoms with Crippen molar-refractivity contribution in [3.05, 3.63) is 0 Å². The number of amides is 1. The zero-order valence-corrected chi connectivity index (χ0v) is 12.2. The number of hydrogen-bond donors (Lipinski definition) is 3. The molecule has 0 bridgehead atoms. The van der Waals surface area contributed by atoms with Crippen LogP contribution in [0.2, 0.25) is 0 Å². The first-order chi connectivity index (χ1) is 9.54. The number of nitrogens with zero attached hydrogens (tertiary/aromatic N) is 1. The molecule has 0 aromatic carbocycles. The number of aliphatic hydroxyl groups is 3. The summed E-state index contributed by atoms with van der Waals surface area (Å²) in [5, 5.41) is 29.5. The van der Waals surface area contributed by atoms with Gasteiger partial charge in [0.1, 0.15) is 24.4 Å². The number of carbonyl (C=O) groups excluding carboxylic acids is 1. The molecule has 20 heavy (non-hydrogen) atoms. The van der Waals surface area contributed by atoms with Crippen LogP contribution in [-0.2, 0) is 14.3 Å². The Morgan fingerprint density at radius 3 is 2.75 bits per heavy atom. The average molecular weight is 307 g/mol. The molecule has 3 N–H and O–H groups in total. The van der Waals surface area contributed by atoms with E-state index in [-0.39, 0.29) is 12.5 Å². The van der Waals surface area contributed by atoms with Crippen molar-refractivity contribution in [3.63, 3.8) is 0 Å². The van der Waals surface area contributed by atoms with Crippen molar-refractivity contribution in [3.8, 4) is 0 Å². The summed E-state index contributed by atoms with van der Waals surface area (Å²) in [5.74, 6) is 1.65. The lowest BCUT2D eigenvalue weighted by Crippen LogP contribution is -2.60. The van der Waals surface area contributed by atoms with Gasteiger partial charge >= 0.3 is 0 Å². The number of hydrogen-bond acceptors (Lipinski definition) is 7. The summed E-state index contributed by atoms with van der Waals surface area (Å²) in [5.41, 5.74) is 0. The van der Waals surface area contributed by atoms with Crippen LogP contribution in [0.15, 0.2) is 0 Å². The van der Waals surface area contributed by atoms with Crippen molar-refractivity contribution < 1.29 is 29.6 Å². The summed E-state index contributed by atoms with van der Waals surface area (Å²) in [4.78, 5) is 13.6. The molecule has 2 fully saturated rings. The quantitative estimate of drug-likeness (QED) is 0.578. The normalized spacial score (nSPS) is 39.7. The van der Waals surface area contributed by atoms with Gasteiger partial charge < -0.3 is 29.7 Å². The minimum atomic E-state index is -1.35. The average Bonchev–Trinajstić information content (AvgIpc) is 2.64. The van der Waals surface area contributed by atoms with Crippen LogP contribution in [0.4, 0.5) is 0 Å². The largest absolute Gasteiger partial charge is 0.388 e. The molecule has 0 saturated carbocycles. The smallest absolute Gasteiger partial charge is 0.223 e. The number of rotatable bonds is 3. The molecular formula is C12H21NO6S. The minimum absolute atomic E-state index is 0.0142. The maximum atomic E-state index is 11.9. The number of carbonyl (C=O) groups is 1. The van der Waals surface area contributed by atoms with Crippen molar-refractivity contribution in [2.75, 3.05) is 31.7 Å². The fourth-order valence-corrected chi connectivity index (χ4v) is 3.26. The van der Waals surface area contributed by atoms with Crippen LogP contribution >= 0.6 is 11.8 Å². The Kier molecular flexibility index (Phi) is 5.65. The van der Waals surface area contributed by atoms with Gasteiger partial charge in [-0.05, 0) is 0 Å². The molecule has 0 radical (unpaired) electrons. The Bertz CT molecular complexity index is 342. The summed E-state index contributed by atoms with van der Waals surface area (Å²) < 4.78 is 10.4. The Balaban J connectivity index is 2.01. The third-order valence-electron chi connectivity index (χ3n) is 3.62. The minimum Gasteiger partial charge on any atom is -0.388 e. The summed E-state index contributed by atoms with van der Waals surface area (Å²) >= 11 is 1.71. The maximum Gasteiger partial charge on any atom is 0.223 e. The van der Waals surface area contributed by atoms with Gasteiger partial charge in [-0.2, -0.15) is 11.8 Å². The van der Waals surface area contributed by atoms with Crippen LogP contribution < -0.4 is 0 Å². The summed E-state index contributed by atoms with van der Waals surface area (Å²) in [6.07, 6.45) is -5.22. The molecule has 0 spiro atoms. The first-order valence-electron chi connectivity index (χ1n) is 6.62. The summed E-state index contributed by atoms with van der Waals surface area (Å²) in [6, 6.07) is 0. The van der Waals surface area contributed by atoms with E-state index in [1.165, 1.54) is 7.11 Å². The zero-order chi connectivity index (χ0) is 14.7. The Hall–Kier alpha value is -0.380. The van der Waals surface area contributed by atoms with E-state index in [4.69, 9.17) is 9.47 Å². The van der Waals surface area contributed by atoms with Crippen molar-refractivity contribution in [2.24, 2.45) is 0 Å². The predicted molar refractivity (Wildman–Crippen MR) is 72.2 cm³/mol. The van der Waals surface area contributed by atoms with Crippen LogP contribution in [-0.4, -0.2) is 88.5 Å². The van der Waals surface area contributed by atoms with E-state index in [1.54, 1.807) is 16.7 Å². The van der Waals surface area contributed by atoms with Crippen LogP contribution in [0.25, 0.3) is 0 Å². The van der Waals surface area contributed by atoms with E-state index in [9.17, 15) is 20.1 Å². The Morgan fingerprint density at radius 2 is 2.05 bits per heavy atom. The third-order valence-corrected chi connectivity index (χ3v) is 4.58. The van der Waals surface area contributed by atoms with E-state index in [1.807, 2.05) is 0 Å². The second-order valence-electron chi connectivity index (χ2n) is 4.95. The van der Waals surface area contributed by atoms with Crippen molar-refractivity contribution in [1.82, 2.24) is 4.90 Å². The first-order valence-corrected chi connectivity index (χ1v) is 7.78. The topological polar surface area (TPSA) is 99.5 Å². The van der Waals surface area contributed by atoms with Gasteiger partial charge in [-0.15, -0.1) is 0 Å². The molecule has 2 aliphatic rings. The molecule has 2 saturated heterocycles. The van der Waals surface area contributed by atoms with Gasteiger partial charge in [-0.1, -0.05) is 0 Å². The van der Waals surface area contributed by atoms with Gasteiger partial charge in [0.05, 0.1) is 0 Å². The maximum absolute atomic E-state index is 11.9. The Labute approximate surface area is 121 Å². The number of thioether (sulfide) groups is 1. The molecule has 2 aliphatic heterocycles. The first kappa shape index (κ1) is 16.0. The highest BCUT2D eigenvalue weighted by atomic mass is 32.2. The van der Waals surface area contributed by atoms with Gasteiger partial charge in [0.2, 0.25) is 5.91 Å². The van der Waals surface area contributed by atoms with Crippen LogP contribution in [0.5, 0.6) is 0 Å². The van der Waals surface area contributed by atoms with E-state index in [0.29, 0.717) is 13.0 Å². The van der Waals surface area contributed by atoms with E-state index in [2.05, 4.69) is 0 Å². The molecule has 2 heterocycles. The van der Waals surface area contributed by atoms with Crippen molar-refractivity contribution in [2.45, 2.75) is 37.1 Å². The summed E-state index contributed by atoms with van der Waals surface area (Å²) in [6.45, 7) is 0.774. The summed E-state index contributed by atoms with van der Waals surface area (Å²) in [7, 11) is 1.35. The highest BCUT2D eigenvalue weighted by molar-refractivity contribution is 7.99. The fraction of sp³-hybridized carbons (Fsp3) is 0.917. The van der Waals surface area contributed by atoms with Gasteiger partial charge in [0, 0.05) is 38.1 Å². The molecular weight excluding hydrogens is 286 g/mol. The second kappa shape index (κ2) is 7.06. The molecule has 0 unspecified atom stereocenters. The molecule has 116 valence electrons. The lowest BCUT2D eigenvalue weighted by Gasteiger charge is -2.41. The van der Waals surface area contributed by atoms with Gasteiger partial charge in [0.25, 0.3) is 0 Å². The number of aliphatic hydroxyl groups excluding tert-OH is 3. The van der Waals surface area contributed by atoms with Gasteiger partial charge in [0.15, 0.2) is 6.29 Å². The van der Waals surface area contributed by atoms with E-state index in [0.717, 1.165) is 11.5 Å². The van der Waals surface area contributed by atoms with Crippen LogP contribution in [0, 0.1) is 0 Å². The predicted octanol–water partition coefficient (Wildman–Crippen LogP) is -1.59. The SMILES string of the molecule is CO[C@H]1O[C@H](CN2CCSCCC2=O)[C@@H](O)[C@H](O)[C@@H]1O. The van der Waals surface area contributed by atoms with Crippen molar-refractivity contribution in [1.29, 1.82) is 0 Å². The van der Waals surface area contributed by atoms with Crippen LogP contribution in [0.1, 0.15) is 6.42 Å². The number of ether oxygens (including phenoxy) is 2. The lowest BCUT2D eigenvalue weighted by atomic mass is 9.98. The molecule has 8 heteroatoms. The highest BCUT2D eigenvalue weighted by Crippen LogP contribution is 2.23. The lowest BCUT2D eigenvalue weighted by molar-refractivity contribution is -0.291. The molecule has 2 rings (SSSR count). The third kappa shape index (κ3) is 3.44. The zero-order valence-electron chi connectivity index (χ0n) is 11.3. The molecule has 0 aromatic rings. The monoisotopic (exact) mass is 307 g/mol. The molecule has 7 nitrogen and oxygen atoms in total. The van der Waals surface area contributed by atoms with E-state index < -0.39 is 30.7 Å². The molecule has 1 amide bonds.